The molecule has 0 radical (unpaired) electrons. The molecule has 0 aliphatic rings. The van der Waals surface area contributed by atoms with E-state index < -0.39 is 24.7 Å². The number of nitrogens with two attached hydrogens (primary N) is 1. The van der Waals surface area contributed by atoms with Gasteiger partial charge in [-0.05, 0) is 22.4 Å². The van der Waals surface area contributed by atoms with E-state index in [1.165, 1.54) is 24.3 Å². The highest BCUT2D eigenvalue weighted by molar-refractivity contribution is 7.99. The van der Waals surface area contributed by atoms with Crippen LogP contribution in [-0.4, -0.2) is 40.3 Å². The van der Waals surface area contributed by atoms with Gasteiger partial charge in [0.2, 0.25) is 11.8 Å². The van der Waals surface area contributed by atoms with Crippen LogP contribution in [0.4, 0.5) is 14.5 Å². The molecule has 27 heavy (non-hydrogen) atoms. The number of anilines is 1. The second kappa shape index (κ2) is 9.62. The van der Waals surface area contributed by atoms with Crippen molar-refractivity contribution in [3.8, 4) is 0 Å². The maximum absolute atomic E-state index is 12.7. The average molecular weight is 398 g/mol. The minimum Gasteiger partial charge on any atom is -0.369 e. The van der Waals surface area contributed by atoms with E-state index in [1.54, 1.807) is 0 Å². The van der Waals surface area contributed by atoms with E-state index in [4.69, 9.17) is 11.1 Å². The molecule has 0 aliphatic carbocycles. The Balaban J connectivity index is 1.90. The third-order valence-electron chi connectivity index (χ3n) is 3.10. The van der Waals surface area contributed by atoms with Gasteiger partial charge in [-0.2, -0.15) is 0 Å². The lowest BCUT2D eigenvalue weighted by molar-refractivity contribution is -0.127. The first-order chi connectivity index (χ1) is 12.9. The zero-order valence-electron chi connectivity index (χ0n) is 13.9. The minimum atomic E-state index is -2.62. The Hall–Kier alpha value is -3.02. The first-order valence-electron chi connectivity index (χ1n) is 7.61. The van der Waals surface area contributed by atoms with Crippen molar-refractivity contribution in [3.05, 3.63) is 35.5 Å². The second-order valence-corrected chi connectivity index (χ2v) is 6.27. The molecule has 1 heterocycles. The molecule has 144 valence electrons. The van der Waals surface area contributed by atoms with Crippen LogP contribution in [0.5, 0.6) is 0 Å². The summed E-state index contributed by atoms with van der Waals surface area (Å²) >= 11 is 1.16. The van der Waals surface area contributed by atoms with Crippen LogP contribution in [-0.2, 0) is 9.59 Å². The molecule has 1 aromatic carbocycles. The van der Waals surface area contributed by atoms with Crippen LogP contribution >= 0.6 is 11.8 Å². The van der Waals surface area contributed by atoms with Crippen molar-refractivity contribution in [1.82, 2.24) is 15.6 Å². The van der Waals surface area contributed by atoms with Gasteiger partial charge in [0.1, 0.15) is 6.42 Å². The highest BCUT2D eigenvalue weighted by Gasteiger charge is 2.17. The van der Waals surface area contributed by atoms with E-state index in [2.05, 4.69) is 25.6 Å². The normalized spacial score (nSPS) is 10.6. The molecule has 2 amide bonds. The largest absolute Gasteiger partial charge is 0.369 e. The number of halogens is 2. The predicted octanol–water partition coefficient (Wildman–Crippen LogP) is 1.53. The Morgan fingerprint density at radius 2 is 2.11 bits per heavy atom. The van der Waals surface area contributed by atoms with Crippen LogP contribution in [0.3, 0.4) is 0 Å². The van der Waals surface area contributed by atoms with Crippen molar-refractivity contribution in [2.45, 2.75) is 17.9 Å². The number of nitrogens with zero attached hydrogens (tertiary/aromatic N) is 2. The number of benzene rings is 1. The molecule has 0 unspecified atom stereocenters. The zero-order chi connectivity index (χ0) is 19.8. The van der Waals surface area contributed by atoms with Gasteiger partial charge < -0.3 is 16.4 Å². The third-order valence-corrected chi connectivity index (χ3v) is 4.05. The van der Waals surface area contributed by atoms with Crippen molar-refractivity contribution >= 4 is 35.1 Å². The molecule has 0 fully saturated rings. The smallest absolute Gasteiger partial charge is 0.263 e. The summed E-state index contributed by atoms with van der Waals surface area (Å²) in [5.41, 5.74) is 5.14. The number of hydrogen-bond acceptors (Lipinski definition) is 7. The highest BCUT2D eigenvalue weighted by Crippen LogP contribution is 2.23. The molecule has 12 heteroatoms. The van der Waals surface area contributed by atoms with Crippen molar-refractivity contribution in [2.75, 3.05) is 17.6 Å². The van der Waals surface area contributed by atoms with Crippen LogP contribution in [0.2, 0.25) is 0 Å². The Kier molecular flexibility index (Phi) is 7.23. The summed E-state index contributed by atoms with van der Waals surface area (Å²) in [6.45, 7) is 0.236. The van der Waals surface area contributed by atoms with Crippen LogP contribution < -0.4 is 16.4 Å². The van der Waals surface area contributed by atoms with E-state index in [0.717, 1.165) is 11.8 Å². The lowest BCUT2D eigenvalue weighted by Gasteiger charge is -2.08. The summed E-state index contributed by atoms with van der Waals surface area (Å²) in [5.74, 6) is -1.02. The summed E-state index contributed by atoms with van der Waals surface area (Å²) in [7, 11) is 0. The van der Waals surface area contributed by atoms with Crippen molar-refractivity contribution in [3.63, 3.8) is 0 Å². The average Bonchev–Trinajstić information content (AvgIpc) is 3.07. The van der Waals surface area contributed by atoms with Crippen LogP contribution in [0.1, 0.15) is 24.1 Å². The number of amides is 2. The zero-order valence-corrected chi connectivity index (χ0v) is 14.7. The molecule has 0 aliphatic heterocycles. The predicted molar refractivity (Wildman–Crippen MR) is 93.7 cm³/mol. The van der Waals surface area contributed by atoms with Gasteiger partial charge in [0.25, 0.3) is 6.43 Å². The lowest BCUT2D eigenvalue weighted by Crippen LogP contribution is -2.30. The quantitative estimate of drug-likeness (QED) is 0.165. The fourth-order valence-electron chi connectivity index (χ4n) is 1.94. The lowest BCUT2D eigenvalue weighted by atomic mass is 10.2. The number of alkyl halides is 2. The maximum atomic E-state index is 12.7. The molecule has 9 nitrogen and oxygen atoms in total. The van der Waals surface area contributed by atoms with Gasteiger partial charge in [-0.25, -0.2) is 13.4 Å². The van der Waals surface area contributed by atoms with E-state index in [9.17, 15) is 18.4 Å². The van der Waals surface area contributed by atoms with Crippen molar-refractivity contribution in [2.24, 2.45) is 5.73 Å². The molecule has 2 rings (SSSR count). The first kappa shape index (κ1) is 20.3. The van der Waals surface area contributed by atoms with E-state index >= 15 is 0 Å². The molecular formula is C15H16F2N6O3S. The Morgan fingerprint density at radius 3 is 2.81 bits per heavy atom. The van der Waals surface area contributed by atoms with Gasteiger partial charge in [-0.1, -0.05) is 23.9 Å². The SMILES string of the molecule is N=C(Nc1cccc(C(F)F)c1)c1nonc1SCCNC(=O)CC(N)=O. The summed E-state index contributed by atoms with van der Waals surface area (Å²) in [6.07, 6.45) is -3.02. The number of thioether (sulfide) groups is 1. The summed E-state index contributed by atoms with van der Waals surface area (Å²) in [5, 5.41) is 20.8. The molecule has 0 bridgehead atoms. The number of rotatable bonds is 9. The van der Waals surface area contributed by atoms with Crippen LogP contribution in [0.15, 0.2) is 33.9 Å². The second-order valence-electron chi connectivity index (χ2n) is 5.19. The molecule has 1 aromatic heterocycles. The van der Waals surface area contributed by atoms with Gasteiger partial charge in [0.15, 0.2) is 16.6 Å². The van der Waals surface area contributed by atoms with Gasteiger partial charge in [-0.3, -0.25) is 15.0 Å². The van der Waals surface area contributed by atoms with Gasteiger partial charge >= 0.3 is 0 Å². The first-order valence-corrected chi connectivity index (χ1v) is 8.59. The maximum Gasteiger partial charge on any atom is 0.263 e. The number of aromatic nitrogens is 2. The number of amidine groups is 1. The van der Waals surface area contributed by atoms with Gasteiger partial charge in [0.05, 0.1) is 0 Å². The molecular weight excluding hydrogens is 382 g/mol. The standard InChI is InChI=1S/C15H16F2N6O3S/c16-13(17)8-2-1-3-9(6-8)21-14(19)12-15(23-26-22-12)27-5-4-20-11(25)7-10(18)24/h1-3,6,13H,4-5,7H2,(H2,18,24)(H2,19,21)(H,20,25). The highest BCUT2D eigenvalue weighted by atomic mass is 32.2. The summed E-state index contributed by atoms with van der Waals surface area (Å²) < 4.78 is 30.1. The Bertz CT molecular complexity index is 829. The number of carbonyl (C=O) groups excluding carboxylic acids is 2. The topological polar surface area (TPSA) is 147 Å². The molecule has 0 spiro atoms. The summed E-state index contributed by atoms with van der Waals surface area (Å²) in [4.78, 5) is 21.9. The van der Waals surface area contributed by atoms with E-state index in [-0.39, 0.29) is 23.6 Å². The number of primary amides is 1. The van der Waals surface area contributed by atoms with Crippen LogP contribution in [0.25, 0.3) is 0 Å². The molecule has 0 saturated heterocycles. The molecule has 0 atom stereocenters. The van der Waals surface area contributed by atoms with Crippen molar-refractivity contribution < 1.29 is 23.0 Å². The van der Waals surface area contributed by atoms with E-state index in [1.807, 2.05) is 0 Å². The number of nitrogens with one attached hydrogen (secondary N) is 3. The summed E-state index contributed by atoms with van der Waals surface area (Å²) in [6, 6.07) is 5.50. The number of carbonyl (C=O) groups is 2. The van der Waals surface area contributed by atoms with E-state index in [0.29, 0.717) is 16.5 Å². The van der Waals surface area contributed by atoms with Crippen LogP contribution in [0, 0.1) is 5.41 Å². The molecule has 5 N–H and O–H groups in total. The number of hydrogen-bond donors (Lipinski definition) is 4. The fraction of sp³-hybridized carbons (Fsp3) is 0.267. The third kappa shape index (κ3) is 6.33. The monoisotopic (exact) mass is 398 g/mol. The molecule has 2 aromatic rings. The minimum absolute atomic E-state index is 0.103. The van der Waals surface area contributed by atoms with Gasteiger partial charge in [-0.15, -0.1) is 0 Å². The van der Waals surface area contributed by atoms with Gasteiger partial charge in [0, 0.05) is 23.5 Å². The molecule has 0 saturated carbocycles. The fourth-order valence-corrected chi connectivity index (χ4v) is 2.70. The Morgan fingerprint density at radius 1 is 1.33 bits per heavy atom. The Labute approximate surface area is 156 Å². The van der Waals surface area contributed by atoms with Crippen molar-refractivity contribution in [1.29, 1.82) is 5.41 Å².